The predicted molar refractivity (Wildman–Crippen MR) is 83.8 cm³/mol. The minimum absolute atomic E-state index is 0. The molecule has 0 aliphatic carbocycles. The Hall–Kier alpha value is -0.280. The van der Waals surface area contributed by atoms with Crippen LogP contribution in [0.5, 0.6) is 0 Å². The van der Waals surface area contributed by atoms with Crippen LogP contribution in [-0.4, -0.2) is 36.5 Å². The lowest BCUT2D eigenvalue weighted by molar-refractivity contribution is -0.134. The second-order valence-corrected chi connectivity index (χ2v) is 6.17. The summed E-state index contributed by atoms with van der Waals surface area (Å²) >= 11 is 0. The van der Waals surface area contributed by atoms with Gasteiger partial charge in [0.25, 0.3) is 0 Å². The summed E-state index contributed by atoms with van der Waals surface area (Å²) < 4.78 is 0. The fourth-order valence-electron chi connectivity index (χ4n) is 2.96. The van der Waals surface area contributed by atoms with Crippen molar-refractivity contribution in [3.8, 4) is 0 Å². The van der Waals surface area contributed by atoms with Gasteiger partial charge in [0.15, 0.2) is 0 Å². The van der Waals surface area contributed by atoms with Crippen LogP contribution in [0.25, 0.3) is 0 Å². The molecule has 0 saturated carbocycles. The quantitative estimate of drug-likeness (QED) is 0.781. The second-order valence-electron chi connectivity index (χ2n) is 6.17. The van der Waals surface area contributed by atoms with Gasteiger partial charge in [0.1, 0.15) is 0 Å². The molecular weight excluding hydrogens is 260 g/mol. The Morgan fingerprint density at radius 1 is 1.37 bits per heavy atom. The van der Waals surface area contributed by atoms with Gasteiger partial charge in [-0.2, -0.15) is 0 Å². The molecule has 2 atom stereocenters. The molecule has 4 heteroatoms. The fraction of sp³-hybridized carbons (Fsp3) is 0.933. The number of carbonyl (C=O) groups is 1. The van der Waals surface area contributed by atoms with Crippen LogP contribution in [0.1, 0.15) is 53.4 Å². The summed E-state index contributed by atoms with van der Waals surface area (Å²) in [7, 11) is 0. The first-order valence-electron chi connectivity index (χ1n) is 7.54. The van der Waals surface area contributed by atoms with Gasteiger partial charge in [0.05, 0.1) is 0 Å². The summed E-state index contributed by atoms with van der Waals surface area (Å²) in [5.41, 5.74) is 0. The van der Waals surface area contributed by atoms with E-state index in [9.17, 15) is 4.79 Å². The Labute approximate surface area is 124 Å². The lowest BCUT2D eigenvalue weighted by Gasteiger charge is -2.29. The molecule has 1 rings (SSSR count). The summed E-state index contributed by atoms with van der Waals surface area (Å²) in [6.45, 7) is 11.8. The molecule has 114 valence electrons. The molecule has 0 radical (unpaired) electrons. The molecule has 0 aromatic carbocycles. The highest BCUT2D eigenvalue weighted by Crippen LogP contribution is 2.18. The number of halogens is 1. The van der Waals surface area contributed by atoms with E-state index in [4.69, 9.17) is 0 Å². The number of hydrogen-bond acceptors (Lipinski definition) is 2. The van der Waals surface area contributed by atoms with Gasteiger partial charge >= 0.3 is 0 Å². The Balaban J connectivity index is 0.00000324. The molecule has 19 heavy (non-hydrogen) atoms. The highest BCUT2D eigenvalue weighted by molar-refractivity contribution is 5.85. The third-order valence-electron chi connectivity index (χ3n) is 3.66. The van der Waals surface area contributed by atoms with E-state index in [-0.39, 0.29) is 12.4 Å². The number of hydrogen-bond donors (Lipinski definition) is 1. The molecule has 0 aromatic rings. The Morgan fingerprint density at radius 3 is 2.53 bits per heavy atom. The van der Waals surface area contributed by atoms with Crippen LogP contribution in [0.15, 0.2) is 0 Å². The van der Waals surface area contributed by atoms with E-state index in [1.165, 1.54) is 0 Å². The summed E-state index contributed by atoms with van der Waals surface area (Å²) in [6, 6.07) is 0.434. The van der Waals surface area contributed by atoms with Crippen molar-refractivity contribution in [1.29, 1.82) is 0 Å². The molecule has 1 saturated heterocycles. The lowest BCUT2D eigenvalue weighted by atomic mass is 9.95. The molecule has 3 nitrogen and oxygen atoms in total. The van der Waals surface area contributed by atoms with Crippen molar-refractivity contribution in [2.45, 2.75) is 59.4 Å². The molecule has 2 unspecified atom stereocenters. The number of amides is 1. The van der Waals surface area contributed by atoms with Gasteiger partial charge in [0, 0.05) is 25.6 Å². The first-order valence-corrected chi connectivity index (χ1v) is 7.54. The second kappa shape index (κ2) is 9.60. The average molecular weight is 291 g/mol. The lowest BCUT2D eigenvalue weighted by Crippen LogP contribution is -2.42. The van der Waals surface area contributed by atoms with E-state index < -0.39 is 0 Å². The monoisotopic (exact) mass is 290 g/mol. The zero-order valence-corrected chi connectivity index (χ0v) is 13.8. The molecule has 1 N–H and O–H groups in total. The van der Waals surface area contributed by atoms with Crippen LogP contribution >= 0.6 is 12.4 Å². The predicted octanol–water partition coefficient (Wildman–Crippen LogP) is 3.08. The summed E-state index contributed by atoms with van der Waals surface area (Å²) in [5, 5.41) is 3.36. The van der Waals surface area contributed by atoms with Crippen LogP contribution in [0, 0.1) is 11.8 Å². The molecule has 0 aromatic heterocycles. The normalized spacial score (nSPS) is 20.2. The zero-order chi connectivity index (χ0) is 13.5. The van der Waals surface area contributed by atoms with Crippen molar-refractivity contribution in [1.82, 2.24) is 10.2 Å². The van der Waals surface area contributed by atoms with Crippen LogP contribution in [0.2, 0.25) is 0 Å². The van der Waals surface area contributed by atoms with E-state index >= 15 is 0 Å². The molecule has 1 aliphatic rings. The van der Waals surface area contributed by atoms with Gasteiger partial charge in [-0.15, -0.1) is 12.4 Å². The van der Waals surface area contributed by atoms with E-state index in [1.807, 2.05) is 0 Å². The number of nitrogens with one attached hydrogen (secondary N) is 1. The molecule has 1 heterocycles. The molecule has 0 spiro atoms. The topological polar surface area (TPSA) is 32.3 Å². The maximum Gasteiger partial charge on any atom is 0.223 e. The van der Waals surface area contributed by atoms with E-state index in [0.717, 1.165) is 38.9 Å². The number of rotatable bonds is 7. The van der Waals surface area contributed by atoms with Crippen LogP contribution < -0.4 is 5.32 Å². The molecule has 0 bridgehead atoms. The largest absolute Gasteiger partial charge is 0.338 e. The summed E-state index contributed by atoms with van der Waals surface area (Å²) in [4.78, 5) is 14.5. The van der Waals surface area contributed by atoms with Crippen molar-refractivity contribution in [3.05, 3.63) is 0 Å². The van der Waals surface area contributed by atoms with Crippen molar-refractivity contribution in [2.75, 3.05) is 19.6 Å². The highest BCUT2D eigenvalue weighted by atomic mass is 35.5. The highest BCUT2D eigenvalue weighted by Gasteiger charge is 2.26. The zero-order valence-electron chi connectivity index (χ0n) is 12.9. The summed E-state index contributed by atoms with van der Waals surface area (Å²) in [5.74, 6) is 1.55. The first-order chi connectivity index (χ1) is 8.54. The third-order valence-corrected chi connectivity index (χ3v) is 3.66. The van der Waals surface area contributed by atoms with Gasteiger partial charge in [-0.25, -0.2) is 0 Å². The maximum absolute atomic E-state index is 12.4. The SMILES string of the molecule is CCCN(C(=O)CC(C)CC(C)C)C1CCNC1.Cl. The Morgan fingerprint density at radius 2 is 2.05 bits per heavy atom. The molecular formula is C15H31ClN2O. The van der Waals surface area contributed by atoms with Crippen molar-refractivity contribution in [3.63, 3.8) is 0 Å². The molecule has 1 fully saturated rings. The van der Waals surface area contributed by atoms with E-state index in [2.05, 4.69) is 37.9 Å². The van der Waals surface area contributed by atoms with Crippen molar-refractivity contribution in [2.24, 2.45) is 11.8 Å². The minimum atomic E-state index is 0. The third kappa shape index (κ3) is 6.62. The Bertz CT molecular complexity index is 253. The van der Waals surface area contributed by atoms with Gasteiger partial charge in [-0.3, -0.25) is 4.79 Å². The van der Waals surface area contributed by atoms with E-state index in [1.54, 1.807) is 0 Å². The smallest absolute Gasteiger partial charge is 0.223 e. The minimum Gasteiger partial charge on any atom is -0.338 e. The number of nitrogens with zero attached hydrogens (tertiary/aromatic N) is 1. The maximum atomic E-state index is 12.4. The molecule has 1 amide bonds. The average Bonchev–Trinajstić information content (AvgIpc) is 2.77. The van der Waals surface area contributed by atoms with Crippen LogP contribution in [0.4, 0.5) is 0 Å². The standard InChI is InChI=1S/C15H30N2O.ClH/c1-5-8-17(14-6-7-16-11-14)15(18)10-13(4)9-12(2)3;/h12-14,16H,5-11H2,1-4H3;1H. The fourth-order valence-corrected chi connectivity index (χ4v) is 2.96. The Kier molecular flexibility index (Phi) is 9.46. The van der Waals surface area contributed by atoms with Gasteiger partial charge in [-0.05, 0) is 37.6 Å². The van der Waals surface area contributed by atoms with Crippen molar-refractivity contribution < 1.29 is 4.79 Å². The van der Waals surface area contributed by atoms with E-state index in [0.29, 0.717) is 30.2 Å². The van der Waals surface area contributed by atoms with Crippen LogP contribution in [0.3, 0.4) is 0 Å². The number of carbonyl (C=O) groups excluding carboxylic acids is 1. The van der Waals surface area contributed by atoms with Crippen LogP contribution in [-0.2, 0) is 4.79 Å². The van der Waals surface area contributed by atoms with Gasteiger partial charge < -0.3 is 10.2 Å². The van der Waals surface area contributed by atoms with Crippen molar-refractivity contribution >= 4 is 18.3 Å². The van der Waals surface area contributed by atoms with Gasteiger partial charge in [-0.1, -0.05) is 27.7 Å². The van der Waals surface area contributed by atoms with Gasteiger partial charge in [0.2, 0.25) is 5.91 Å². The summed E-state index contributed by atoms with van der Waals surface area (Å²) in [6.07, 6.45) is 4.04. The first kappa shape index (κ1) is 18.7. The molecule has 1 aliphatic heterocycles.